The second kappa shape index (κ2) is 7.07. The van der Waals surface area contributed by atoms with Crippen LogP contribution >= 0.6 is 0 Å². The molecule has 2 fully saturated rings. The highest BCUT2D eigenvalue weighted by Crippen LogP contribution is 2.35. The second-order valence-electron chi connectivity index (χ2n) is 7.23. The average Bonchev–Trinajstić information content (AvgIpc) is 3.03. The van der Waals surface area contributed by atoms with Gasteiger partial charge in [0, 0.05) is 38.1 Å². The zero-order valence-electron chi connectivity index (χ0n) is 14.7. The van der Waals surface area contributed by atoms with Crippen molar-refractivity contribution in [1.29, 1.82) is 0 Å². The Morgan fingerprint density at radius 3 is 2.70 bits per heavy atom. The molecule has 4 nitrogen and oxygen atoms in total. The van der Waals surface area contributed by atoms with Crippen molar-refractivity contribution in [2.45, 2.75) is 31.6 Å². The lowest BCUT2D eigenvalue weighted by molar-refractivity contribution is -0.137. The fraction of sp³-hybridized carbons (Fsp3) is 0.474. The molecule has 0 spiro atoms. The summed E-state index contributed by atoms with van der Waals surface area (Å²) in [5.41, 5.74) is 0.133. The van der Waals surface area contributed by atoms with Crippen LogP contribution in [0.25, 0.3) is 0 Å². The number of halogens is 4. The van der Waals surface area contributed by atoms with Crippen LogP contribution in [0.4, 0.5) is 23.4 Å². The van der Waals surface area contributed by atoms with Crippen molar-refractivity contribution in [2.75, 3.05) is 24.5 Å². The molecular formula is C19H20F4N4. The van der Waals surface area contributed by atoms with E-state index in [4.69, 9.17) is 0 Å². The molecule has 0 bridgehead atoms. The Morgan fingerprint density at radius 2 is 1.93 bits per heavy atom. The van der Waals surface area contributed by atoms with Crippen molar-refractivity contribution in [3.63, 3.8) is 0 Å². The van der Waals surface area contributed by atoms with Crippen LogP contribution in [-0.4, -0.2) is 40.5 Å². The number of pyridine rings is 2. The Labute approximate surface area is 154 Å². The topological polar surface area (TPSA) is 32.3 Å². The van der Waals surface area contributed by atoms with Gasteiger partial charge in [-0.1, -0.05) is 0 Å². The van der Waals surface area contributed by atoms with E-state index in [0.29, 0.717) is 31.4 Å². The summed E-state index contributed by atoms with van der Waals surface area (Å²) < 4.78 is 52.4. The van der Waals surface area contributed by atoms with E-state index in [1.54, 1.807) is 6.20 Å². The van der Waals surface area contributed by atoms with Gasteiger partial charge in [0.1, 0.15) is 11.6 Å². The summed E-state index contributed by atoms with van der Waals surface area (Å²) in [5, 5.41) is 0. The van der Waals surface area contributed by atoms with E-state index in [9.17, 15) is 17.6 Å². The van der Waals surface area contributed by atoms with Crippen molar-refractivity contribution in [1.82, 2.24) is 14.9 Å². The quantitative estimate of drug-likeness (QED) is 0.760. The van der Waals surface area contributed by atoms with Gasteiger partial charge in [-0.25, -0.2) is 9.37 Å². The third-order valence-corrected chi connectivity index (χ3v) is 5.52. The van der Waals surface area contributed by atoms with E-state index < -0.39 is 11.7 Å². The summed E-state index contributed by atoms with van der Waals surface area (Å²) in [6.45, 7) is 2.82. The van der Waals surface area contributed by atoms with E-state index in [1.807, 2.05) is 4.90 Å². The smallest absolute Gasteiger partial charge is 0.355 e. The molecule has 2 aliphatic rings. The zero-order valence-corrected chi connectivity index (χ0v) is 14.7. The monoisotopic (exact) mass is 380 g/mol. The number of piperidine rings is 1. The molecule has 144 valence electrons. The van der Waals surface area contributed by atoms with Crippen LogP contribution in [0.1, 0.15) is 24.0 Å². The Bertz CT molecular complexity index is 810. The molecule has 0 N–H and O–H groups in total. The number of hydrogen-bond acceptors (Lipinski definition) is 4. The molecule has 0 radical (unpaired) electrons. The summed E-state index contributed by atoms with van der Waals surface area (Å²) >= 11 is 0. The summed E-state index contributed by atoms with van der Waals surface area (Å²) in [7, 11) is 0. The van der Waals surface area contributed by atoms with E-state index in [1.165, 1.54) is 18.5 Å². The first-order valence-electron chi connectivity index (χ1n) is 9.02. The summed E-state index contributed by atoms with van der Waals surface area (Å²) in [6.07, 6.45) is 1.65. The number of anilines is 1. The number of nitrogens with zero attached hydrogens (tertiary/aromatic N) is 4. The molecule has 0 aromatic carbocycles. The largest absolute Gasteiger partial charge is 0.416 e. The van der Waals surface area contributed by atoms with Crippen LogP contribution in [-0.2, 0) is 12.7 Å². The summed E-state index contributed by atoms with van der Waals surface area (Å²) in [5.74, 6) is 0.512. The first kappa shape index (κ1) is 18.2. The Balaban J connectivity index is 1.50. The molecule has 2 atom stereocenters. The maximum absolute atomic E-state index is 13.4. The van der Waals surface area contributed by atoms with Gasteiger partial charge in [0.15, 0.2) is 0 Å². The number of hydrogen-bond donors (Lipinski definition) is 0. The molecule has 2 aliphatic heterocycles. The standard InChI is InChI=1S/C19H20F4N4/c20-16-7-13(9-24-10-16)11-26-5-2-14-3-6-27(12-17(14)26)18-8-15(1-4-25-18)19(21,22)23/h1,4,7-10,14,17H,2-3,5-6,11-12H2. The lowest BCUT2D eigenvalue weighted by atomic mass is 9.92. The number of aromatic nitrogens is 2. The number of alkyl halides is 3. The molecule has 0 aliphatic carbocycles. The molecular weight excluding hydrogens is 360 g/mol. The van der Waals surface area contributed by atoms with Crippen LogP contribution in [0.2, 0.25) is 0 Å². The fourth-order valence-corrected chi connectivity index (χ4v) is 4.18. The molecule has 2 unspecified atom stereocenters. The predicted molar refractivity (Wildman–Crippen MR) is 92.6 cm³/mol. The van der Waals surface area contributed by atoms with Crippen LogP contribution in [0.5, 0.6) is 0 Å². The maximum Gasteiger partial charge on any atom is 0.416 e. The van der Waals surface area contributed by atoms with Gasteiger partial charge in [0.25, 0.3) is 0 Å². The molecule has 2 aromatic rings. The van der Waals surface area contributed by atoms with Gasteiger partial charge < -0.3 is 4.90 Å². The molecule has 0 saturated carbocycles. The van der Waals surface area contributed by atoms with Gasteiger partial charge in [-0.2, -0.15) is 13.2 Å². The third kappa shape index (κ3) is 3.90. The predicted octanol–water partition coefficient (Wildman–Crippen LogP) is 3.74. The van der Waals surface area contributed by atoms with Gasteiger partial charge in [0.05, 0.1) is 11.8 Å². The van der Waals surface area contributed by atoms with Gasteiger partial charge in [-0.3, -0.25) is 9.88 Å². The number of likely N-dealkylation sites (tertiary alicyclic amines) is 1. The average molecular weight is 380 g/mol. The number of fused-ring (bicyclic) bond motifs is 1. The van der Waals surface area contributed by atoms with Crippen molar-refractivity contribution in [3.8, 4) is 0 Å². The van der Waals surface area contributed by atoms with Crippen LogP contribution in [0, 0.1) is 11.7 Å². The Hall–Kier alpha value is -2.22. The molecule has 0 amide bonds. The van der Waals surface area contributed by atoms with Gasteiger partial charge in [-0.15, -0.1) is 0 Å². The zero-order chi connectivity index (χ0) is 19.0. The van der Waals surface area contributed by atoms with Gasteiger partial charge in [0.2, 0.25) is 0 Å². The van der Waals surface area contributed by atoms with E-state index in [-0.39, 0.29) is 11.9 Å². The SMILES string of the molecule is Fc1cncc(CN2CCC3CCN(c4cc(C(F)(F)F)ccn4)CC32)c1. The molecule has 4 rings (SSSR count). The highest BCUT2D eigenvalue weighted by Gasteiger charge is 2.39. The van der Waals surface area contributed by atoms with Crippen molar-refractivity contribution >= 4 is 5.82 Å². The number of rotatable bonds is 3. The Morgan fingerprint density at radius 1 is 1.11 bits per heavy atom. The third-order valence-electron chi connectivity index (χ3n) is 5.52. The van der Waals surface area contributed by atoms with Crippen LogP contribution in [0.15, 0.2) is 36.8 Å². The minimum atomic E-state index is -4.38. The highest BCUT2D eigenvalue weighted by atomic mass is 19.4. The normalized spacial score (nSPS) is 23.5. The fourth-order valence-electron chi connectivity index (χ4n) is 4.18. The first-order valence-corrected chi connectivity index (χ1v) is 9.02. The lowest BCUT2D eigenvalue weighted by Crippen LogP contribution is -2.48. The summed E-state index contributed by atoms with van der Waals surface area (Å²) in [6, 6.07) is 3.82. The van der Waals surface area contributed by atoms with Crippen molar-refractivity contribution in [3.05, 3.63) is 53.7 Å². The van der Waals surface area contributed by atoms with Crippen LogP contribution < -0.4 is 4.90 Å². The molecule has 8 heteroatoms. The van der Waals surface area contributed by atoms with Crippen molar-refractivity contribution in [2.24, 2.45) is 5.92 Å². The minimum Gasteiger partial charge on any atom is -0.355 e. The molecule has 27 heavy (non-hydrogen) atoms. The summed E-state index contributed by atoms with van der Waals surface area (Å²) in [4.78, 5) is 12.3. The van der Waals surface area contributed by atoms with E-state index in [0.717, 1.165) is 37.1 Å². The van der Waals surface area contributed by atoms with E-state index >= 15 is 0 Å². The van der Waals surface area contributed by atoms with Crippen LogP contribution in [0.3, 0.4) is 0 Å². The van der Waals surface area contributed by atoms with Crippen molar-refractivity contribution < 1.29 is 17.6 Å². The molecule has 2 aromatic heterocycles. The minimum absolute atomic E-state index is 0.221. The first-order chi connectivity index (χ1) is 12.9. The second-order valence-corrected chi connectivity index (χ2v) is 7.23. The maximum atomic E-state index is 13.4. The van der Waals surface area contributed by atoms with E-state index in [2.05, 4.69) is 14.9 Å². The van der Waals surface area contributed by atoms with Gasteiger partial charge >= 0.3 is 6.18 Å². The Kier molecular flexibility index (Phi) is 4.75. The molecule has 4 heterocycles. The highest BCUT2D eigenvalue weighted by molar-refractivity contribution is 5.43. The van der Waals surface area contributed by atoms with Gasteiger partial charge in [-0.05, 0) is 49.1 Å². The lowest BCUT2D eigenvalue weighted by Gasteiger charge is -2.39. The molecule has 2 saturated heterocycles.